The van der Waals surface area contributed by atoms with Crippen molar-refractivity contribution in [3.63, 3.8) is 0 Å². The third kappa shape index (κ3) is 2.45. The van der Waals surface area contributed by atoms with Crippen LogP contribution in [0.15, 0.2) is 41.6 Å². The molecule has 21 heavy (non-hydrogen) atoms. The van der Waals surface area contributed by atoms with Crippen molar-refractivity contribution in [1.29, 1.82) is 0 Å². The highest BCUT2D eigenvalue weighted by Crippen LogP contribution is 2.39. The van der Waals surface area contributed by atoms with Gasteiger partial charge in [-0.1, -0.05) is 30.3 Å². The summed E-state index contributed by atoms with van der Waals surface area (Å²) in [5.41, 5.74) is 7.90. The fourth-order valence-corrected chi connectivity index (χ4v) is 3.69. The van der Waals surface area contributed by atoms with Gasteiger partial charge in [0.2, 0.25) is 5.91 Å². The smallest absolute Gasteiger partial charge is 0.355 e. The molecule has 0 aromatic heterocycles. The summed E-state index contributed by atoms with van der Waals surface area (Å²) in [4.78, 5) is 25.6. The largest absolute Gasteiger partial charge is 0.456 e. The van der Waals surface area contributed by atoms with Gasteiger partial charge >= 0.3 is 5.97 Å². The maximum atomic E-state index is 12.3. The van der Waals surface area contributed by atoms with Crippen LogP contribution in [0, 0.1) is 0 Å². The summed E-state index contributed by atoms with van der Waals surface area (Å²) in [6.45, 7) is 2.04. The van der Waals surface area contributed by atoms with E-state index < -0.39 is 12.0 Å². The first-order valence-electron chi connectivity index (χ1n) is 6.70. The van der Waals surface area contributed by atoms with Gasteiger partial charge in [-0.25, -0.2) is 4.79 Å². The van der Waals surface area contributed by atoms with Crippen LogP contribution in [0.25, 0.3) is 0 Å². The Kier molecular flexibility index (Phi) is 3.73. The molecule has 0 bridgehead atoms. The molecule has 5 nitrogen and oxygen atoms in total. The first-order chi connectivity index (χ1) is 10.1. The van der Waals surface area contributed by atoms with Gasteiger partial charge in [0.1, 0.15) is 23.7 Å². The third-order valence-electron chi connectivity index (χ3n) is 3.61. The monoisotopic (exact) mass is 304 g/mol. The molecule has 1 amide bonds. The molecule has 2 aliphatic heterocycles. The maximum absolute atomic E-state index is 12.3. The van der Waals surface area contributed by atoms with Crippen molar-refractivity contribution in [2.24, 2.45) is 5.73 Å². The van der Waals surface area contributed by atoms with Gasteiger partial charge < -0.3 is 10.5 Å². The molecule has 2 N–H and O–H groups in total. The zero-order valence-electron chi connectivity index (χ0n) is 11.6. The number of fused-ring (bicyclic) bond motifs is 1. The molecule has 2 heterocycles. The van der Waals surface area contributed by atoms with Gasteiger partial charge in [-0.05, 0) is 18.1 Å². The van der Waals surface area contributed by atoms with Crippen molar-refractivity contribution >= 4 is 23.6 Å². The summed E-state index contributed by atoms with van der Waals surface area (Å²) >= 11 is 1.58. The summed E-state index contributed by atoms with van der Waals surface area (Å²) < 4.78 is 5.33. The lowest BCUT2D eigenvalue weighted by molar-refractivity contribution is -0.151. The van der Waals surface area contributed by atoms with E-state index in [1.54, 1.807) is 11.8 Å². The normalized spacial score (nSPS) is 24.5. The number of esters is 1. The number of ether oxygens (including phenoxy) is 1. The van der Waals surface area contributed by atoms with Gasteiger partial charge in [0, 0.05) is 5.75 Å². The molecule has 0 spiro atoms. The van der Waals surface area contributed by atoms with E-state index >= 15 is 0 Å². The predicted octanol–water partition coefficient (Wildman–Crippen LogP) is 1.25. The van der Waals surface area contributed by atoms with Crippen LogP contribution in [0.2, 0.25) is 0 Å². The number of benzene rings is 1. The summed E-state index contributed by atoms with van der Waals surface area (Å²) in [5.74, 6) is 0.0258. The van der Waals surface area contributed by atoms with Crippen molar-refractivity contribution in [2.45, 2.75) is 24.9 Å². The fraction of sp³-hybridized carbons (Fsp3) is 0.333. The van der Waals surface area contributed by atoms with E-state index in [2.05, 4.69) is 0 Å². The van der Waals surface area contributed by atoms with Crippen LogP contribution >= 0.6 is 11.8 Å². The number of nitrogens with zero attached hydrogens (tertiary/aromatic N) is 1. The Labute approximate surface area is 127 Å². The van der Waals surface area contributed by atoms with Gasteiger partial charge in [-0.2, -0.15) is 0 Å². The first-order valence-corrected chi connectivity index (χ1v) is 7.75. The van der Waals surface area contributed by atoms with Crippen molar-refractivity contribution in [3.8, 4) is 0 Å². The van der Waals surface area contributed by atoms with E-state index in [1.165, 1.54) is 4.90 Å². The van der Waals surface area contributed by atoms with Crippen molar-refractivity contribution in [3.05, 3.63) is 47.2 Å². The Morgan fingerprint density at radius 1 is 1.43 bits per heavy atom. The van der Waals surface area contributed by atoms with Crippen LogP contribution in [0.4, 0.5) is 0 Å². The lowest BCUT2D eigenvalue weighted by atomic mass is 10.0. The fourth-order valence-electron chi connectivity index (χ4n) is 2.45. The average Bonchev–Trinajstić information content (AvgIpc) is 2.52. The van der Waals surface area contributed by atoms with Gasteiger partial charge in [-0.3, -0.25) is 9.69 Å². The molecule has 0 saturated carbocycles. The van der Waals surface area contributed by atoms with Crippen LogP contribution in [-0.4, -0.2) is 33.9 Å². The number of hydrogen-bond acceptors (Lipinski definition) is 5. The van der Waals surface area contributed by atoms with Crippen LogP contribution in [0.3, 0.4) is 0 Å². The average molecular weight is 304 g/mol. The molecule has 0 aliphatic carbocycles. The Morgan fingerprint density at radius 3 is 2.86 bits per heavy atom. The number of nitrogens with two attached hydrogens (primary N) is 1. The minimum atomic E-state index is -0.514. The molecule has 2 aliphatic rings. The molecule has 1 saturated heterocycles. The van der Waals surface area contributed by atoms with Gasteiger partial charge in [0.15, 0.2) is 0 Å². The quantitative estimate of drug-likeness (QED) is 0.672. The molecular weight excluding hydrogens is 288 g/mol. The van der Waals surface area contributed by atoms with Gasteiger partial charge in [0.25, 0.3) is 0 Å². The molecule has 2 atom stereocenters. The number of hydrogen-bond donors (Lipinski definition) is 1. The zero-order chi connectivity index (χ0) is 15.0. The molecule has 1 aromatic carbocycles. The zero-order valence-corrected chi connectivity index (χ0v) is 12.4. The predicted molar refractivity (Wildman–Crippen MR) is 80.0 cm³/mol. The molecular formula is C15H16N2O3S. The van der Waals surface area contributed by atoms with E-state index in [1.807, 2.05) is 37.3 Å². The van der Waals surface area contributed by atoms with Gasteiger partial charge in [-0.15, -0.1) is 11.8 Å². The van der Waals surface area contributed by atoms with Crippen LogP contribution < -0.4 is 5.73 Å². The minimum Gasteiger partial charge on any atom is -0.456 e. The van der Waals surface area contributed by atoms with E-state index in [9.17, 15) is 9.59 Å². The minimum absolute atomic E-state index is 0.138. The number of carbonyl (C=O) groups excluding carboxylic acids is 2. The number of carbonyl (C=O) groups is 2. The summed E-state index contributed by atoms with van der Waals surface area (Å²) in [7, 11) is 0. The standard InChI is InChI=1S/C15H16N2O3S/c1-9-8-21-14-11(16)13(18)17(14)12(9)15(19)20-7-10-5-3-2-4-6-10/h2-6,11,14H,7-8,16H2,1H3. The second kappa shape index (κ2) is 5.54. The highest BCUT2D eigenvalue weighted by atomic mass is 32.2. The molecule has 3 rings (SSSR count). The Hall–Kier alpha value is -1.79. The highest BCUT2D eigenvalue weighted by molar-refractivity contribution is 8.00. The number of thioether (sulfide) groups is 1. The number of rotatable bonds is 3. The Morgan fingerprint density at radius 2 is 2.14 bits per heavy atom. The lowest BCUT2D eigenvalue weighted by Crippen LogP contribution is -2.68. The molecule has 2 unspecified atom stereocenters. The highest BCUT2D eigenvalue weighted by Gasteiger charge is 2.51. The topological polar surface area (TPSA) is 72.6 Å². The maximum Gasteiger partial charge on any atom is 0.355 e. The second-order valence-electron chi connectivity index (χ2n) is 5.13. The number of amides is 1. The SMILES string of the molecule is CC1=C(C(=O)OCc2ccccc2)N2C(=O)C(N)C2SC1. The van der Waals surface area contributed by atoms with Crippen molar-refractivity contribution < 1.29 is 14.3 Å². The number of β-lactam (4-membered cyclic amide) rings is 1. The van der Waals surface area contributed by atoms with E-state index in [0.29, 0.717) is 11.4 Å². The second-order valence-corrected chi connectivity index (χ2v) is 6.23. The summed E-state index contributed by atoms with van der Waals surface area (Å²) in [6.07, 6.45) is 0. The third-order valence-corrected chi connectivity index (χ3v) is 5.05. The molecule has 1 aromatic rings. The molecule has 0 radical (unpaired) electrons. The molecule has 6 heteroatoms. The summed E-state index contributed by atoms with van der Waals surface area (Å²) in [6, 6.07) is 8.94. The van der Waals surface area contributed by atoms with Gasteiger partial charge in [0.05, 0.1) is 0 Å². The lowest BCUT2D eigenvalue weighted by Gasteiger charge is -2.48. The van der Waals surface area contributed by atoms with E-state index in [-0.39, 0.29) is 17.9 Å². The van der Waals surface area contributed by atoms with E-state index in [0.717, 1.165) is 11.1 Å². The first kappa shape index (κ1) is 14.2. The van der Waals surface area contributed by atoms with Crippen LogP contribution in [-0.2, 0) is 20.9 Å². The Balaban J connectivity index is 1.73. The van der Waals surface area contributed by atoms with E-state index in [4.69, 9.17) is 10.5 Å². The molecule has 1 fully saturated rings. The van der Waals surface area contributed by atoms with Crippen LogP contribution in [0.5, 0.6) is 0 Å². The van der Waals surface area contributed by atoms with Crippen LogP contribution in [0.1, 0.15) is 12.5 Å². The molecule has 110 valence electrons. The van der Waals surface area contributed by atoms with Crippen molar-refractivity contribution in [1.82, 2.24) is 4.90 Å². The summed E-state index contributed by atoms with van der Waals surface area (Å²) in [5, 5.41) is -0.138. The Bertz CT molecular complexity index is 615. The van der Waals surface area contributed by atoms with Crippen molar-refractivity contribution in [2.75, 3.05) is 5.75 Å².